The Morgan fingerprint density at radius 3 is 2.17 bits per heavy atom. The van der Waals surface area contributed by atoms with Gasteiger partial charge in [-0.25, -0.2) is 17.6 Å². The Balaban J connectivity index is 2.24. The van der Waals surface area contributed by atoms with E-state index in [0.717, 1.165) is 8.66 Å². The van der Waals surface area contributed by atoms with Crippen molar-refractivity contribution in [1.29, 1.82) is 0 Å². The van der Waals surface area contributed by atoms with Gasteiger partial charge in [-0.1, -0.05) is 0 Å². The predicted octanol–water partition coefficient (Wildman–Crippen LogP) is 4.68. The molecular weight excluding hydrogens is 334 g/mol. The number of rotatable bonds is 3. The largest absolute Gasteiger partial charge is 0.375 e. The minimum Gasteiger partial charge on any atom is -0.375 e. The Labute approximate surface area is 113 Å². The van der Waals surface area contributed by atoms with Crippen LogP contribution in [0.2, 0.25) is 0 Å². The van der Waals surface area contributed by atoms with Crippen LogP contribution in [0.25, 0.3) is 0 Å². The molecule has 0 radical (unpaired) electrons. The summed E-state index contributed by atoms with van der Waals surface area (Å²) in [5.41, 5.74) is -0.794. The van der Waals surface area contributed by atoms with Crippen molar-refractivity contribution in [2.24, 2.45) is 0 Å². The van der Waals surface area contributed by atoms with Gasteiger partial charge in [-0.15, -0.1) is 11.3 Å². The molecule has 2 rings (SSSR count). The molecule has 96 valence electrons. The van der Waals surface area contributed by atoms with Crippen molar-refractivity contribution in [2.75, 3.05) is 5.32 Å². The van der Waals surface area contributed by atoms with Crippen molar-refractivity contribution in [1.82, 2.24) is 0 Å². The van der Waals surface area contributed by atoms with Crippen LogP contribution in [-0.4, -0.2) is 0 Å². The molecule has 1 N–H and O–H groups in total. The fourth-order valence-corrected chi connectivity index (χ4v) is 2.77. The Kier molecular flexibility index (Phi) is 3.91. The van der Waals surface area contributed by atoms with E-state index in [0.29, 0.717) is 0 Å². The Morgan fingerprint density at radius 1 is 1.06 bits per heavy atom. The molecule has 1 nitrogen and oxygen atoms in total. The third-order valence-corrected chi connectivity index (χ3v) is 3.80. The fraction of sp³-hybridized carbons (Fsp3) is 0.0909. The van der Waals surface area contributed by atoms with E-state index in [1.54, 1.807) is 12.1 Å². The van der Waals surface area contributed by atoms with E-state index in [-0.39, 0.29) is 12.6 Å². The van der Waals surface area contributed by atoms with Gasteiger partial charge in [-0.3, -0.25) is 0 Å². The number of hydrogen-bond donors (Lipinski definition) is 1. The first kappa shape index (κ1) is 13.4. The molecule has 0 saturated heterocycles. The second-order valence-corrected chi connectivity index (χ2v) is 5.95. The summed E-state index contributed by atoms with van der Waals surface area (Å²) in [6, 6.07) is 3.67. The van der Waals surface area contributed by atoms with Gasteiger partial charge in [0.1, 0.15) is 5.69 Å². The van der Waals surface area contributed by atoms with E-state index in [9.17, 15) is 17.6 Å². The van der Waals surface area contributed by atoms with E-state index < -0.39 is 29.0 Å². The molecular formula is C11H6BrF4NS. The topological polar surface area (TPSA) is 12.0 Å². The van der Waals surface area contributed by atoms with E-state index in [4.69, 9.17) is 0 Å². The molecule has 2 aromatic rings. The third kappa shape index (κ3) is 2.67. The van der Waals surface area contributed by atoms with Crippen LogP contribution in [-0.2, 0) is 6.54 Å². The number of hydrogen-bond acceptors (Lipinski definition) is 2. The zero-order valence-electron chi connectivity index (χ0n) is 8.74. The van der Waals surface area contributed by atoms with E-state index in [1.807, 2.05) is 0 Å². The van der Waals surface area contributed by atoms with E-state index >= 15 is 0 Å². The van der Waals surface area contributed by atoms with Crippen LogP contribution < -0.4 is 5.32 Å². The quantitative estimate of drug-likeness (QED) is 0.632. The van der Waals surface area contributed by atoms with Crippen molar-refractivity contribution < 1.29 is 17.6 Å². The number of benzene rings is 1. The monoisotopic (exact) mass is 339 g/mol. The first-order chi connectivity index (χ1) is 8.49. The van der Waals surface area contributed by atoms with Crippen LogP contribution in [0.5, 0.6) is 0 Å². The van der Waals surface area contributed by atoms with Crippen molar-refractivity contribution in [2.45, 2.75) is 6.54 Å². The molecule has 0 amide bonds. The van der Waals surface area contributed by atoms with Gasteiger partial charge in [0.25, 0.3) is 0 Å². The maximum Gasteiger partial charge on any atom is 0.185 e. The summed E-state index contributed by atoms with van der Waals surface area (Å²) in [6.45, 7) is 0.0764. The molecule has 7 heteroatoms. The Hall–Kier alpha value is -1.08. The van der Waals surface area contributed by atoms with Crippen molar-refractivity contribution in [3.8, 4) is 0 Å². The highest BCUT2D eigenvalue weighted by Crippen LogP contribution is 2.27. The number of anilines is 1. The molecule has 0 saturated carbocycles. The average molecular weight is 340 g/mol. The number of nitrogens with one attached hydrogen (secondary N) is 1. The van der Waals surface area contributed by atoms with Crippen LogP contribution in [0.1, 0.15) is 4.88 Å². The van der Waals surface area contributed by atoms with Crippen LogP contribution in [0.3, 0.4) is 0 Å². The van der Waals surface area contributed by atoms with Gasteiger partial charge in [0.15, 0.2) is 23.3 Å². The second kappa shape index (κ2) is 5.27. The predicted molar refractivity (Wildman–Crippen MR) is 65.6 cm³/mol. The molecule has 0 fully saturated rings. The first-order valence-corrected chi connectivity index (χ1v) is 6.41. The lowest BCUT2D eigenvalue weighted by Gasteiger charge is -2.08. The summed E-state index contributed by atoms with van der Waals surface area (Å²) in [7, 11) is 0. The molecule has 0 aliphatic heterocycles. The molecule has 0 spiro atoms. The molecule has 1 heterocycles. The van der Waals surface area contributed by atoms with Crippen LogP contribution in [0.15, 0.2) is 22.0 Å². The molecule has 1 aromatic heterocycles. The molecule has 0 atom stereocenters. The van der Waals surface area contributed by atoms with Gasteiger partial charge in [-0.2, -0.15) is 0 Å². The van der Waals surface area contributed by atoms with Gasteiger partial charge in [0.2, 0.25) is 0 Å². The normalized spacial score (nSPS) is 10.7. The average Bonchev–Trinajstić information content (AvgIpc) is 2.73. The lowest BCUT2D eigenvalue weighted by molar-refractivity contribution is 0.458. The van der Waals surface area contributed by atoms with Gasteiger partial charge in [0.05, 0.1) is 3.79 Å². The molecule has 0 bridgehead atoms. The minimum absolute atomic E-state index is 0.0764. The lowest BCUT2D eigenvalue weighted by Crippen LogP contribution is -2.06. The van der Waals surface area contributed by atoms with Gasteiger partial charge in [-0.05, 0) is 28.1 Å². The van der Waals surface area contributed by atoms with Gasteiger partial charge < -0.3 is 5.32 Å². The van der Waals surface area contributed by atoms with Crippen molar-refractivity contribution >= 4 is 33.0 Å². The number of halogens is 5. The van der Waals surface area contributed by atoms with Crippen molar-refractivity contribution in [3.63, 3.8) is 0 Å². The summed E-state index contributed by atoms with van der Waals surface area (Å²) in [6.07, 6.45) is 0. The van der Waals surface area contributed by atoms with Crippen LogP contribution in [0, 0.1) is 23.3 Å². The Bertz CT molecular complexity index is 558. The summed E-state index contributed by atoms with van der Waals surface area (Å²) in [5, 5.41) is 2.35. The maximum atomic E-state index is 13.3. The summed E-state index contributed by atoms with van der Waals surface area (Å²) >= 11 is 4.58. The van der Waals surface area contributed by atoms with Gasteiger partial charge >= 0.3 is 0 Å². The van der Waals surface area contributed by atoms with Crippen molar-refractivity contribution in [3.05, 3.63) is 50.1 Å². The van der Waals surface area contributed by atoms with Crippen LogP contribution >= 0.6 is 27.3 Å². The van der Waals surface area contributed by atoms with E-state index in [1.165, 1.54) is 11.3 Å². The smallest absolute Gasteiger partial charge is 0.185 e. The maximum absolute atomic E-state index is 13.3. The number of thiophene rings is 1. The fourth-order valence-electron chi connectivity index (χ4n) is 1.35. The summed E-state index contributed by atoms with van der Waals surface area (Å²) in [5.74, 6) is -5.71. The summed E-state index contributed by atoms with van der Waals surface area (Å²) in [4.78, 5) is 0.769. The van der Waals surface area contributed by atoms with Crippen LogP contribution in [0.4, 0.5) is 23.2 Å². The minimum atomic E-state index is -1.43. The zero-order chi connectivity index (χ0) is 13.3. The highest BCUT2D eigenvalue weighted by Gasteiger charge is 2.18. The molecule has 18 heavy (non-hydrogen) atoms. The standard InChI is InChI=1S/C11H6BrF4NS/c12-8-2-1-5(18-8)4-17-11-9(15)6(13)3-7(14)10(11)16/h1-3,17H,4H2. The highest BCUT2D eigenvalue weighted by atomic mass is 79.9. The molecule has 1 aromatic carbocycles. The highest BCUT2D eigenvalue weighted by molar-refractivity contribution is 9.11. The second-order valence-electron chi connectivity index (χ2n) is 3.40. The lowest BCUT2D eigenvalue weighted by atomic mass is 10.2. The van der Waals surface area contributed by atoms with Gasteiger partial charge in [0, 0.05) is 17.5 Å². The molecule has 0 aliphatic carbocycles. The first-order valence-electron chi connectivity index (χ1n) is 4.80. The third-order valence-electron chi connectivity index (χ3n) is 2.18. The molecule has 0 unspecified atom stereocenters. The zero-order valence-corrected chi connectivity index (χ0v) is 11.1. The van der Waals surface area contributed by atoms with E-state index in [2.05, 4.69) is 21.2 Å². The Morgan fingerprint density at radius 2 is 1.67 bits per heavy atom. The SMILES string of the molecule is Fc1cc(F)c(F)c(NCc2ccc(Br)s2)c1F. The molecule has 0 aliphatic rings. The summed E-state index contributed by atoms with van der Waals surface area (Å²) < 4.78 is 53.3.